The van der Waals surface area contributed by atoms with Crippen molar-refractivity contribution < 1.29 is 9.59 Å². The fourth-order valence-corrected chi connectivity index (χ4v) is 6.08. The van der Waals surface area contributed by atoms with E-state index in [0.29, 0.717) is 24.5 Å². The molecule has 2 amide bonds. The summed E-state index contributed by atoms with van der Waals surface area (Å²) >= 11 is 6.17. The van der Waals surface area contributed by atoms with Crippen LogP contribution in [0.15, 0.2) is 48.7 Å². The number of likely N-dealkylation sites (N-methyl/N-ethyl adjacent to an activating group) is 1. The molecule has 0 spiro atoms. The number of pyridine rings is 1. The molecule has 0 unspecified atom stereocenters. The Morgan fingerprint density at radius 2 is 1.94 bits per heavy atom. The van der Waals surface area contributed by atoms with E-state index in [1.807, 2.05) is 41.3 Å². The fraction of sp³-hybridized carbons (Fsp3) is 0.519. The number of piperazine rings is 1. The molecule has 9 heteroatoms. The lowest BCUT2D eigenvalue weighted by molar-refractivity contribution is -0.132. The van der Waals surface area contributed by atoms with Crippen molar-refractivity contribution in [3.05, 3.63) is 59.2 Å². The first-order valence-corrected chi connectivity index (χ1v) is 13.3. The summed E-state index contributed by atoms with van der Waals surface area (Å²) in [5.74, 6) is 1.26. The van der Waals surface area contributed by atoms with Crippen LogP contribution in [0, 0.1) is 0 Å². The molecule has 1 aromatic carbocycles. The Kier molecular flexibility index (Phi) is 7.74. The van der Waals surface area contributed by atoms with Crippen molar-refractivity contribution in [3.63, 3.8) is 0 Å². The van der Waals surface area contributed by atoms with Gasteiger partial charge in [-0.1, -0.05) is 29.8 Å². The largest absolute Gasteiger partial charge is 0.353 e. The van der Waals surface area contributed by atoms with Crippen molar-refractivity contribution in [2.45, 2.75) is 43.9 Å². The Morgan fingerprint density at radius 1 is 1.11 bits per heavy atom. The fourth-order valence-electron chi connectivity index (χ4n) is 5.87. The number of hydrogen-bond acceptors (Lipinski definition) is 6. The van der Waals surface area contributed by atoms with Crippen molar-refractivity contribution in [3.8, 4) is 0 Å². The molecule has 0 bridgehead atoms. The number of amides is 2. The lowest BCUT2D eigenvalue weighted by Gasteiger charge is -2.36. The van der Waals surface area contributed by atoms with E-state index in [2.05, 4.69) is 38.1 Å². The summed E-state index contributed by atoms with van der Waals surface area (Å²) in [7, 11) is 2.11. The number of nitrogens with one attached hydrogen (secondary N) is 1. The summed E-state index contributed by atoms with van der Waals surface area (Å²) in [6, 6.07) is 13.9. The maximum Gasteiger partial charge on any atom is 0.239 e. The summed E-state index contributed by atoms with van der Waals surface area (Å²) in [5.41, 5.74) is 1.12. The zero-order valence-corrected chi connectivity index (χ0v) is 21.6. The number of benzene rings is 1. The number of rotatable bonds is 6. The first-order valence-electron chi connectivity index (χ1n) is 12.9. The molecular weight excluding hydrogens is 476 g/mol. The zero-order valence-electron chi connectivity index (χ0n) is 20.9. The smallest absolute Gasteiger partial charge is 0.239 e. The minimum absolute atomic E-state index is 0.0887. The van der Waals surface area contributed by atoms with Gasteiger partial charge in [0.2, 0.25) is 11.8 Å². The van der Waals surface area contributed by atoms with Crippen LogP contribution in [0.3, 0.4) is 0 Å². The summed E-state index contributed by atoms with van der Waals surface area (Å²) in [6.07, 6.45) is 3.99. The highest BCUT2D eigenvalue weighted by molar-refractivity contribution is 6.30. The van der Waals surface area contributed by atoms with E-state index in [4.69, 9.17) is 11.6 Å². The van der Waals surface area contributed by atoms with Crippen molar-refractivity contribution in [2.24, 2.45) is 0 Å². The van der Waals surface area contributed by atoms with Crippen molar-refractivity contribution in [1.29, 1.82) is 0 Å². The minimum atomic E-state index is -0.186. The molecule has 3 atom stereocenters. The zero-order chi connectivity index (χ0) is 25.1. The van der Waals surface area contributed by atoms with Crippen LogP contribution in [0.1, 0.15) is 24.8 Å². The highest BCUT2D eigenvalue weighted by atomic mass is 35.5. The summed E-state index contributed by atoms with van der Waals surface area (Å²) < 4.78 is 0. The average Bonchev–Trinajstić information content (AvgIpc) is 3.27. The minimum Gasteiger partial charge on any atom is -0.353 e. The van der Waals surface area contributed by atoms with Gasteiger partial charge in [0.1, 0.15) is 11.9 Å². The van der Waals surface area contributed by atoms with Gasteiger partial charge in [-0.25, -0.2) is 4.98 Å². The molecule has 5 rings (SSSR count). The van der Waals surface area contributed by atoms with E-state index in [9.17, 15) is 9.59 Å². The van der Waals surface area contributed by atoms with E-state index < -0.39 is 0 Å². The van der Waals surface area contributed by atoms with E-state index in [1.54, 1.807) is 6.20 Å². The topological polar surface area (TPSA) is 72.0 Å². The number of carbonyl (C=O) groups excluding carboxylic acids is 2. The number of carbonyl (C=O) groups is 2. The van der Waals surface area contributed by atoms with E-state index >= 15 is 0 Å². The van der Waals surface area contributed by atoms with Gasteiger partial charge in [-0.3, -0.25) is 19.4 Å². The predicted molar refractivity (Wildman–Crippen MR) is 141 cm³/mol. The number of hydrogen-bond donors (Lipinski definition) is 1. The van der Waals surface area contributed by atoms with Gasteiger partial charge in [0.05, 0.1) is 0 Å². The van der Waals surface area contributed by atoms with Crippen LogP contribution < -0.4 is 10.2 Å². The molecule has 3 saturated heterocycles. The number of anilines is 1. The molecular formula is C27H35ClN6O2. The molecule has 0 radical (unpaired) electrons. The lowest BCUT2D eigenvalue weighted by atomic mass is 10.0. The third-order valence-corrected chi connectivity index (χ3v) is 8.16. The Balaban J connectivity index is 1.14. The Labute approximate surface area is 218 Å². The molecule has 3 fully saturated rings. The molecule has 0 aliphatic carbocycles. The lowest BCUT2D eigenvalue weighted by Crippen LogP contribution is -2.50. The Hall–Kier alpha value is -2.68. The maximum atomic E-state index is 13.1. The molecule has 1 N–H and O–H groups in total. The summed E-state index contributed by atoms with van der Waals surface area (Å²) in [6.45, 7) is 5.19. The van der Waals surface area contributed by atoms with Crippen LogP contribution in [0.25, 0.3) is 0 Å². The van der Waals surface area contributed by atoms with Crippen LogP contribution >= 0.6 is 11.6 Å². The summed E-state index contributed by atoms with van der Waals surface area (Å²) in [4.78, 5) is 39.3. The SMILES string of the molecule is CN1[C@@H](CCC(=O)N2CCN(c3ccccn3)CC2)CNC(=O)[C@@H]2[C@H]1CCN2Cc1cccc(Cl)c1. The van der Waals surface area contributed by atoms with Crippen molar-refractivity contribution >= 4 is 29.2 Å². The predicted octanol–water partition coefficient (Wildman–Crippen LogP) is 2.24. The standard InChI is InChI=1S/C27H35ClN6O2/c1-31-22(8-9-25(35)33-15-13-32(14-16-33)24-7-2-3-11-29-24)18-30-27(36)26-23(31)10-12-34(26)19-20-5-4-6-21(28)17-20/h2-7,11,17,22-23,26H,8-10,12-16,18-19H2,1H3,(H,30,36)/t22-,23+,26-/m0/s1. The summed E-state index contributed by atoms with van der Waals surface area (Å²) in [5, 5.41) is 3.88. The number of halogens is 1. The monoisotopic (exact) mass is 510 g/mol. The molecule has 36 heavy (non-hydrogen) atoms. The third kappa shape index (κ3) is 5.51. The highest BCUT2D eigenvalue weighted by Crippen LogP contribution is 2.29. The van der Waals surface area contributed by atoms with Crippen LogP contribution in [0.4, 0.5) is 5.82 Å². The quantitative estimate of drug-likeness (QED) is 0.642. The molecule has 4 heterocycles. The molecule has 1 aromatic heterocycles. The Morgan fingerprint density at radius 3 is 2.69 bits per heavy atom. The molecule has 0 saturated carbocycles. The van der Waals surface area contributed by atoms with Crippen LogP contribution in [-0.2, 0) is 16.1 Å². The second-order valence-electron chi connectivity index (χ2n) is 10.1. The Bertz CT molecular complexity index is 1060. The molecule has 2 aromatic rings. The van der Waals surface area contributed by atoms with Gasteiger partial charge in [0.25, 0.3) is 0 Å². The molecule has 3 aliphatic heterocycles. The van der Waals surface area contributed by atoms with Crippen molar-refractivity contribution in [2.75, 3.05) is 51.2 Å². The third-order valence-electron chi connectivity index (χ3n) is 7.92. The van der Waals surface area contributed by atoms with Gasteiger partial charge in [-0.05, 0) is 49.7 Å². The van der Waals surface area contributed by atoms with Gasteiger partial charge in [-0.15, -0.1) is 0 Å². The van der Waals surface area contributed by atoms with E-state index in [0.717, 1.165) is 56.9 Å². The average molecular weight is 511 g/mol. The van der Waals surface area contributed by atoms with Crippen LogP contribution in [0.5, 0.6) is 0 Å². The first-order chi connectivity index (χ1) is 17.5. The second kappa shape index (κ2) is 11.2. The number of nitrogens with zero attached hydrogens (tertiary/aromatic N) is 5. The number of fused-ring (bicyclic) bond motifs is 1. The van der Waals surface area contributed by atoms with E-state index in [-0.39, 0.29) is 29.9 Å². The maximum absolute atomic E-state index is 13.1. The van der Waals surface area contributed by atoms with Crippen LogP contribution in [-0.4, -0.2) is 95.9 Å². The first kappa shape index (κ1) is 25.0. The molecule has 3 aliphatic rings. The second-order valence-corrected chi connectivity index (χ2v) is 10.5. The van der Waals surface area contributed by atoms with E-state index in [1.165, 1.54) is 0 Å². The van der Waals surface area contributed by atoms with Gasteiger partial charge in [-0.2, -0.15) is 0 Å². The number of likely N-dealkylation sites (tertiary alicyclic amines) is 1. The van der Waals surface area contributed by atoms with Gasteiger partial charge < -0.3 is 15.1 Å². The van der Waals surface area contributed by atoms with Crippen LogP contribution in [0.2, 0.25) is 5.02 Å². The number of aromatic nitrogens is 1. The molecule has 8 nitrogen and oxygen atoms in total. The van der Waals surface area contributed by atoms with Gasteiger partial charge in [0, 0.05) is 75.5 Å². The molecule has 192 valence electrons. The van der Waals surface area contributed by atoms with Gasteiger partial charge >= 0.3 is 0 Å². The normalized spacial score (nSPS) is 25.4. The van der Waals surface area contributed by atoms with Crippen molar-refractivity contribution in [1.82, 2.24) is 25.0 Å². The van der Waals surface area contributed by atoms with Gasteiger partial charge in [0.15, 0.2) is 0 Å². The highest BCUT2D eigenvalue weighted by Gasteiger charge is 2.45.